The number of hydrogen-bond donors (Lipinski definition) is 1. The first-order chi connectivity index (χ1) is 14.8. The zero-order chi connectivity index (χ0) is 21.8. The van der Waals surface area contributed by atoms with Crippen LogP contribution < -0.4 is 0 Å². The van der Waals surface area contributed by atoms with E-state index >= 15 is 0 Å². The van der Waals surface area contributed by atoms with Crippen LogP contribution in [0, 0.1) is 46.3 Å². The molecule has 1 heterocycles. The molecule has 4 nitrogen and oxygen atoms in total. The van der Waals surface area contributed by atoms with E-state index in [9.17, 15) is 4.79 Å². The van der Waals surface area contributed by atoms with Crippen LogP contribution in [0.25, 0.3) is 0 Å². The number of carbonyl (C=O) groups is 1. The molecule has 0 radical (unpaired) electrons. The topological polar surface area (TPSA) is 59.1 Å². The highest BCUT2D eigenvalue weighted by Crippen LogP contribution is 2.68. The van der Waals surface area contributed by atoms with Gasteiger partial charge in [-0.15, -0.1) is 0 Å². The van der Waals surface area contributed by atoms with Gasteiger partial charge in [0.05, 0.1) is 19.3 Å². The SMILES string of the molecule is C[C@H](CCC(=O)O)[C@H]1CC[C@H]2[C@@H]3CC[C@@H]4C[C@@H](OCC5CO5)CC[C@]4(C)[C@H]3CC[C@]12C. The van der Waals surface area contributed by atoms with Crippen LogP contribution in [0.4, 0.5) is 0 Å². The van der Waals surface area contributed by atoms with Gasteiger partial charge in [-0.2, -0.15) is 0 Å². The van der Waals surface area contributed by atoms with Crippen LogP contribution in [0.1, 0.15) is 91.4 Å². The Kier molecular flexibility index (Phi) is 5.95. The third-order valence-electron chi connectivity index (χ3n) is 11.1. The fraction of sp³-hybridized carbons (Fsp3) is 0.963. The summed E-state index contributed by atoms with van der Waals surface area (Å²) in [6.45, 7) is 9.26. The standard InChI is InChI=1S/C27H44O4/c1-17(4-9-25(28)29)22-7-8-23-21-6-5-18-14-19(30-15-20-16-31-20)10-12-26(18,2)24(21)11-13-27(22,23)3/h17-24H,4-16H2,1-3H3,(H,28,29)/t17-,18-,19+,20?,21+,22-,23+,24+,26+,27-/m1/s1. The van der Waals surface area contributed by atoms with Gasteiger partial charge >= 0.3 is 5.97 Å². The highest BCUT2D eigenvalue weighted by atomic mass is 16.6. The zero-order valence-electron chi connectivity index (χ0n) is 20.0. The molecule has 4 heteroatoms. The van der Waals surface area contributed by atoms with Gasteiger partial charge < -0.3 is 14.6 Å². The van der Waals surface area contributed by atoms with Crippen LogP contribution in [-0.4, -0.2) is 36.5 Å². The number of hydrogen-bond acceptors (Lipinski definition) is 3. The molecule has 5 fully saturated rings. The molecule has 31 heavy (non-hydrogen) atoms. The molecular weight excluding hydrogens is 388 g/mol. The zero-order valence-corrected chi connectivity index (χ0v) is 20.0. The molecule has 0 aromatic rings. The van der Waals surface area contributed by atoms with Gasteiger partial charge in [-0.1, -0.05) is 20.8 Å². The Labute approximate surface area is 188 Å². The number of aliphatic carboxylic acids is 1. The van der Waals surface area contributed by atoms with Crippen molar-refractivity contribution in [1.29, 1.82) is 0 Å². The minimum Gasteiger partial charge on any atom is -0.481 e. The van der Waals surface area contributed by atoms with E-state index in [1.165, 1.54) is 57.8 Å². The molecule has 1 unspecified atom stereocenters. The van der Waals surface area contributed by atoms with Gasteiger partial charge in [0, 0.05) is 6.42 Å². The minimum atomic E-state index is -0.634. The van der Waals surface area contributed by atoms with E-state index < -0.39 is 5.97 Å². The second-order valence-electron chi connectivity index (χ2n) is 12.5. The molecule has 0 aromatic carbocycles. The van der Waals surface area contributed by atoms with Crippen LogP contribution in [0.2, 0.25) is 0 Å². The number of rotatable bonds is 7. The van der Waals surface area contributed by atoms with E-state index in [-0.39, 0.29) is 0 Å². The molecule has 4 aliphatic carbocycles. The third-order valence-corrected chi connectivity index (χ3v) is 11.1. The fourth-order valence-corrected chi connectivity index (χ4v) is 9.31. The second kappa shape index (κ2) is 8.31. The van der Waals surface area contributed by atoms with Gasteiger partial charge in [-0.3, -0.25) is 4.79 Å². The molecule has 0 amide bonds. The minimum absolute atomic E-state index is 0.334. The van der Waals surface area contributed by atoms with Crippen LogP contribution in [0.15, 0.2) is 0 Å². The average Bonchev–Trinajstić information content (AvgIpc) is 3.50. The van der Waals surface area contributed by atoms with Crippen molar-refractivity contribution in [2.75, 3.05) is 13.2 Å². The molecule has 1 N–H and O–H groups in total. The number of carboxylic acid groups (broad SMARTS) is 1. The predicted octanol–water partition coefficient (Wildman–Crippen LogP) is 5.93. The maximum Gasteiger partial charge on any atom is 0.303 e. The average molecular weight is 433 g/mol. The van der Waals surface area contributed by atoms with Crippen molar-refractivity contribution >= 4 is 5.97 Å². The summed E-state index contributed by atoms with van der Waals surface area (Å²) in [5.41, 5.74) is 0.945. The number of fused-ring (bicyclic) bond motifs is 5. The van der Waals surface area contributed by atoms with Crippen LogP contribution >= 0.6 is 0 Å². The summed E-state index contributed by atoms with van der Waals surface area (Å²) in [4.78, 5) is 11.1. The summed E-state index contributed by atoms with van der Waals surface area (Å²) in [6.07, 6.45) is 14.1. The van der Waals surface area contributed by atoms with Crippen molar-refractivity contribution in [3.05, 3.63) is 0 Å². The molecule has 10 atom stereocenters. The lowest BCUT2D eigenvalue weighted by Crippen LogP contribution is -2.54. The predicted molar refractivity (Wildman–Crippen MR) is 121 cm³/mol. The van der Waals surface area contributed by atoms with Gasteiger partial charge in [0.15, 0.2) is 0 Å². The summed E-state index contributed by atoms with van der Waals surface area (Å²) >= 11 is 0. The van der Waals surface area contributed by atoms with E-state index in [0.717, 1.165) is 49.2 Å². The van der Waals surface area contributed by atoms with E-state index in [1.807, 2.05) is 0 Å². The lowest BCUT2D eigenvalue weighted by Gasteiger charge is -2.61. The number of epoxide rings is 1. The van der Waals surface area contributed by atoms with Crippen molar-refractivity contribution < 1.29 is 19.4 Å². The summed E-state index contributed by atoms with van der Waals surface area (Å²) in [5.74, 6) is 4.12. The van der Waals surface area contributed by atoms with Gasteiger partial charge in [0.2, 0.25) is 0 Å². The first-order valence-electron chi connectivity index (χ1n) is 13.3. The molecule has 1 saturated heterocycles. The van der Waals surface area contributed by atoms with Crippen LogP contribution in [0.3, 0.4) is 0 Å². The smallest absolute Gasteiger partial charge is 0.303 e. The summed E-state index contributed by atoms with van der Waals surface area (Å²) in [6, 6.07) is 0. The van der Waals surface area contributed by atoms with E-state index in [2.05, 4.69) is 20.8 Å². The summed E-state index contributed by atoms with van der Waals surface area (Å²) < 4.78 is 11.6. The summed E-state index contributed by atoms with van der Waals surface area (Å²) in [5, 5.41) is 9.16. The highest BCUT2D eigenvalue weighted by Gasteiger charge is 2.60. The third kappa shape index (κ3) is 3.98. The molecule has 1 aliphatic heterocycles. The van der Waals surface area contributed by atoms with Crippen LogP contribution in [-0.2, 0) is 14.3 Å². The molecular formula is C27H44O4. The van der Waals surface area contributed by atoms with Crippen molar-refractivity contribution in [1.82, 2.24) is 0 Å². The Bertz CT molecular complexity index is 674. The largest absolute Gasteiger partial charge is 0.481 e. The van der Waals surface area contributed by atoms with Crippen molar-refractivity contribution in [2.45, 2.75) is 104 Å². The maximum absolute atomic E-state index is 11.1. The Morgan fingerprint density at radius 2 is 1.81 bits per heavy atom. The van der Waals surface area contributed by atoms with E-state index in [0.29, 0.717) is 35.4 Å². The first kappa shape index (κ1) is 22.2. The highest BCUT2D eigenvalue weighted by molar-refractivity contribution is 5.66. The fourth-order valence-electron chi connectivity index (χ4n) is 9.31. The lowest BCUT2D eigenvalue weighted by atomic mass is 9.44. The normalized spacial score (nSPS) is 49.6. The Morgan fingerprint density at radius 3 is 2.55 bits per heavy atom. The quantitative estimate of drug-likeness (QED) is 0.507. The molecule has 176 valence electrons. The Hall–Kier alpha value is -0.610. The van der Waals surface area contributed by atoms with Gasteiger partial charge in [0.1, 0.15) is 6.10 Å². The molecule has 0 spiro atoms. The first-order valence-corrected chi connectivity index (χ1v) is 13.3. The van der Waals surface area contributed by atoms with Gasteiger partial charge in [0.25, 0.3) is 0 Å². The van der Waals surface area contributed by atoms with E-state index in [4.69, 9.17) is 14.6 Å². The number of carboxylic acids is 1. The molecule has 5 aliphatic rings. The number of ether oxygens (including phenoxy) is 2. The Balaban J connectivity index is 1.25. The molecule has 0 aromatic heterocycles. The maximum atomic E-state index is 11.1. The summed E-state index contributed by atoms with van der Waals surface area (Å²) in [7, 11) is 0. The second-order valence-corrected chi connectivity index (χ2v) is 12.5. The molecule has 4 saturated carbocycles. The Morgan fingerprint density at radius 1 is 1.06 bits per heavy atom. The van der Waals surface area contributed by atoms with Crippen molar-refractivity contribution in [3.8, 4) is 0 Å². The van der Waals surface area contributed by atoms with E-state index in [1.54, 1.807) is 0 Å². The van der Waals surface area contributed by atoms with Crippen molar-refractivity contribution in [3.63, 3.8) is 0 Å². The van der Waals surface area contributed by atoms with Gasteiger partial charge in [-0.25, -0.2) is 0 Å². The molecule has 5 rings (SSSR count). The molecule has 0 bridgehead atoms. The lowest BCUT2D eigenvalue weighted by molar-refractivity contribution is -0.139. The van der Waals surface area contributed by atoms with Crippen LogP contribution in [0.5, 0.6) is 0 Å². The monoisotopic (exact) mass is 432 g/mol. The van der Waals surface area contributed by atoms with Gasteiger partial charge in [-0.05, 0) is 111 Å². The van der Waals surface area contributed by atoms with Crippen molar-refractivity contribution in [2.24, 2.45) is 46.3 Å².